The molecule has 0 amide bonds. The molecule has 1 aromatic heterocycles. The van der Waals surface area contributed by atoms with Gasteiger partial charge in [-0.1, -0.05) is 22.0 Å². The summed E-state index contributed by atoms with van der Waals surface area (Å²) in [5.74, 6) is 0. The van der Waals surface area contributed by atoms with E-state index in [1.54, 1.807) is 6.20 Å². The normalized spacial score (nSPS) is 10.3. The van der Waals surface area contributed by atoms with Gasteiger partial charge in [-0.25, -0.2) is 4.68 Å². The number of hydrogen-bond donors (Lipinski definition) is 0. The van der Waals surface area contributed by atoms with Gasteiger partial charge in [0, 0.05) is 4.47 Å². The molecule has 2 aromatic rings. The summed E-state index contributed by atoms with van der Waals surface area (Å²) in [6.07, 6.45) is 1.75. The van der Waals surface area contributed by atoms with E-state index in [0.29, 0.717) is 0 Å². The Labute approximate surface area is 92.8 Å². The van der Waals surface area contributed by atoms with E-state index < -0.39 is 0 Å². The van der Waals surface area contributed by atoms with Crippen molar-refractivity contribution in [3.8, 4) is 5.69 Å². The molecule has 0 saturated carbocycles. The average Bonchev–Trinajstić information content (AvgIpc) is 2.51. The first-order valence-corrected chi connectivity index (χ1v) is 5.31. The monoisotopic (exact) mass is 300 g/mol. The van der Waals surface area contributed by atoms with E-state index in [4.69, 9.17) is 0 Å². The van der Waals surface area contributed by atoms with Gasteiger partial charge >= 0.3 is 0 Å². The lowest BCUT2D eigenvalue weighted by Gasteiger charge is -2.02. The molecule has 66 valence electrons. The maximum atomic E-state index is 4.18. The van der Waals surface area contributed by atoms with Gasteiger partial charge in [0.05, 0.1) is 11.9 Å². The lowest BCUT2D eigenvalue weighted by molar-refractivity contribution is 0.860. The highest BCUT2D eigenvalue weighted by atomic mass is 79.9. The van der Waals surface area contributed by atoms with Crippen molar-refractivity contribution in [1.82, 2.24) is 9.78 Å². The maximum Gasteiger partial charge on any atom is 0.109 e. The largest absolute Gasteiger partial charge is 0.227 e. The van der Waals surface area contributed by atoms with Crippen molar-refractivity contribution in [2.75, 3.05) is 0 Å². The molecule has 0 N–H and O–H groups in total. The van der Waals surface area contributed by atoms with Crippen molar-refractivity contribution in [3.05, 3.63) is 45.6 Å². The van der Waals surface area contributed by atoms with Crippen LogP contribution in [-0.4, -0.2) is 9.78 Å². The van der Waals surface area contributed by atoms with Crippen LogP contribution in [-0.2, 0) is 0 Å². The highest BCUT2D eigenvalue weighted by molar-refractivity contribution is 9.10. The Balaban J connectivity index is 2.53. The lowest BCUT2D eigenvalue weighted by Crippen LogP contribution is -1.95. The minimum absolute atomic E-state index is 0.950. The molecule has 0 aliphatic rings. The number of hydrogen-bond acceptors (Lipinski definition) is 1. The summed E-state index contributed by atoms with van der Waals surface area (Å²) in [6.45, 7) is 0. The standard InChI is InChI=1S/C9H6Br2N2/c10-7-2-1-3-8(6-7)13-9(11)4-5-12-13/h1-6H. The van der Waals surface area contributed by atoms with Crippen LogP contribution in [0.4, 0.5) is 0 Å². The molecule has 2 rings (SSSR count). The van der Waals surface area contributed by atoms with E-state index in [9.17, 15) is 0 Å². The second-order valence-electron chi connectivity index (χ2n) is 2.55. The summed E-state index contributed by atoms with van der Waals surface area (Å²) in [5.41, 5.74) is 1.03. The quantitative estimate of drug-likeness (QED) is 0.789. The predicted octanol–water partition coefficient (Wildman–Crippen LogP) is 3.40. The molecule has 0 radical (unpaired) electrons. The van der Waals surface area contributed by atoms with Gasteiger partial charge in [0.15, 0.2) is 0 Å². The van der Waals surface area contributed by atoms with Crippen LogP contribution < -0.4 is 0 Å². The Morgan fingerprint density at radius 3 is 2.62 bits per heavy atom. The van der Waals surface area contributed by atoms with Crippen LogP contribution >= 0.6 is 31.9 Å². The third kappa shape index (κ3) is 1.84. The number of aromatic nitrogens is 2. The van der Waals surface area contributed by atoms with Crippen molar-refractivity contribution in [2.24, 2.45) is 0 Å². The number of rotatable bonds is 1. The van der Waals surface area contributed by atoms with Gasteiger partial charge < -0.3 is 0 Å². The molecule has 2 nitrogen and oxygen atoms in total. The van der Waals surface area contributed by atoms with E-state index >= 15 is 0 Å². The van der Waals surface area contributed by atoms with Crippen LogP contribution in [0.25, 0.3) is 5.69 Å². The van der Waals surface area contributed by atoms with Crippen LogP contribution in [0.5, 0.6) is 0 Å². The Morgan fingerprint density at radius 2 is 2.00 bits per heavy atom. The second-order valence-corrected chi connectivity index (χ2v) is 4.27. The summed E-state index contributed by atoms with van der Waals surface area (Å²) in [7, 11) is 0. The summed E-state index contributed by atoms with van der Waals surface area (Å²) >= 11 is 6.83. The Hall–Kier alpha value is -0.610. The van der Waals surface area contributed by atoms with Crippen molar-refractivity contribution >= 4 is 31.9 Å². The number of nitrogens with zero attached hydrogens (tertiary/aromatic N) is 2. The Bertz CT molecular complexity index is 423. The minimum atomic E-state index is 0.950. The molecule has 1 aromatic carbocycles. The van der Waals surface area contributed by atoms with Gasteiger partial charge in [-0.2, -0.15) is 5.10 Å². The van der Waals surface area contributed by atoms with E-state index in [1.165, 1.54) is 0 Å². The molecule has 0 aliphatic heterocycles. The summed E-state index contributed by atoms with van der Waals surface area (Å²) in [6, 6.07) is 9.88. The molecule has 1 heterocycles. The third-order valence-electron chi connectivity index (χ3n) is 1.65. The first-order chi connectivity index (χ1) is 6.27. The fraction of sp³-hybridized carbons (Fsp3) is 0. The topological polar surface area (TPSA) is 17.8 Å². The van der Waals surface area contributed by atoms with Crippen LogP contribution in [0.3, 0.4) is 0 Å². The highest BCUT2D eigenvalue weighted by Gasteiger charge is 2.00. The van der Waals surface area contributed by atoms with Crippen LogP contribution in [0, 0.1) is 0 Å². The average molecular weight is 302 g/mol. The molecule has 0 aliphatic carbocycles. The van der Waals surface area contributed by atoms with Gasteiger partial charge in [0.1, 0.15) is 4.60 Å². The molecular formula is C9H6Br2N2. The van der Waals surface area contributed by atoms with Gasteiger partial charge in [0.2, 0.25) is 0 Å². The van der Waals surface area contributed by atoms with E-state index in [2.05, 4.69) is 37.0 Å². The fourth-order valence-corrected chi connectivity index (χ4v) is 1.89. The maximum absolute atomic E-state index is 4.18. The van der Waals surface area contributed by atoms with Crippen molar-refractivity contribution in [3.63, 3.8) is 0 Å². The van der Waals surface area contributed by atoms with Crippen molar-refractivity contribution in [1.29, 1.82) is 0 Å². The van der Waals surface area contributed by atoms with Crippen LogP contribution in [0.2, 0.25) is 0 Å². The van der Waals surface area contributed by atoms with Gasteiger partial charge in [-0.05, 0) is 40.2 Å². The first-order valence-electron chi connectivity index (χ1n) is 3.73. The zero-order valence-electron chi connectivity index (χ0n) is 6.61. The molecule has 0 unspecified atom stereocenters. The number of halogens is 2. The zero-order valence-corrected chi connectivity index (χ0v) is 9.79. The molecule has 0 fully saturated rings. The summed E-state index contributed by atoms with van der Waals surface area (Å²) in [4.78, 5) is 0. The smallest absolute Gasteiger partial charge is 0.109 e. The number of benzene rings is 1. The summed E-state index contributed by atoms with van der Waals surface area (Å²) in [5, 5.41) is 4.18. The Kier molecular flexibility index (Phi) is 2.51. The molecule has 0 bridgehead atoms. The van der Waals surface area contributed by atoms with Crippen molar-refractivity contribution in [2.45, 2.75) is 0 Å². The first kappa shape index (κ1) is 8.97. The van der Waals surface area contributed by atoms with Crippen LogP contribution in [0.15, 0.2) is 45.6 Å². The van der Waals surface area contributed by atoms with E-state index in [0.717, 1.165) is 14.8 Å². The molecule has 0 atom stereocenters. The predicted molar refractivity (Wildman–Crippen MR) is 59.0 cm³/mol. The highest BCUT2D eigenvalue weighted by Crippen LogP contribution is 2.18. The minimum Gasteiger partial charge on any atom is -0.227 e. The Morgan fingerprint density at radius 1 is 1.15 bits per heavy atom. The molecule has 0 saturated heterocycles. The fourth-order valence-electron chi connectivity index (χ4n) is 1.09. The molecule has 4 heteroatoms. The molecule has 0 spiro atoms. The van der Waals surface area contributed by atoms with Gasteiger partial charge in [-0.15, -0.1) is 0 Å². The SMILES string of the molecule is Brc1cccc(-n2nccc2Br)c1. The van der Waals surface area contributed by atoms with Gasteiger partial charge in [0.25, 0.3) is 0 Å². The second kappa shape index (κ2) is 3.64. The molecule has 13 heavy (non-hydrogen) atoms. The van der Waals surface area contributed by atoms with Crippen LogP contribution in [0.1, 0.15) is 0 Å². The van der Waals surface area contributed by atoms with E-state index in [1.807, 2.05) is 35.0 Å². The summed E-state index contributed by atoms with van der Waals surface area (Å²) < 4.78 is 3.82. The third-order valence-corrected chi connectivity index (χ3v) is 2.74. The van der Waals surface area contributed by atoms with Gasteiger partial charge in [-0.3, -0.25) is 0 Å². The van der Waals surface area contributed by atoms with Crippen molar-refractivity contribution < 1.29 is 0 Å². The zero-order chi connectivity index (χ0) is 9.26. The van der Waals surface area contributed by atoms with E-state index in [-0.39, 0.29) is 0 Å². The molecular weight excluding hydrogens is 296 g/mol. The lowest BCUT2D eigenvalue weighted by atomic mass is 10.3.